The highest BCUT2D eigenvalue weighted by Crippen LogP contribution is 2.29. The summed E-state index contributed by atoms with van der Waals surface area (Å²) in [5.74, 6) is 1.31. The van der Waals surface area contributed by atoms with Crippen LogP contribution in [0.1, 0.15) is 60.9 Å². The van der Waals surface area contributed by atoms with Crippen LogP contribution in [0.3, 0.4) is 0 Å². The predicted molar refractivity (Wildman–Crippen MR) is 85.7 cm³/mol. The Morgan fingerprint density at radius 2 is 2.19 bits per heavy atom. The SMILES string of the molecule is CCOC(=O)c1cnc(CSC2CCCCC2)nc1CCl. The molecule has 1 aliphatic carbocycles. The van der Waals surface area contributed by atoms with Gasteiger partial charge >= 0.3 is 5.97 Å². The Morgan fingerprint density at radius 3 is 2.86 bits per heavy atom. The lowest BCUT2D eigenvalue weighted by atomic mass is 10.0. The average molecular weight is 329 g/mol. The van der Waals surface area contributed by atoms with E-state index >= 15 is 0 Å². The van der Waals surface area contributed by atoms with Gasteiger partial charge in [0.25, 0.3) is 0 Å². The lowest BCUT2D eigenvalue weighted by Crippen LogP contribution is -2.12. The van der Waals surface area contributed by atoms with Crippen LogP contribution < -0.4 is 0 Å². The Bertz CT molecular complexity index is 479. The van der Waals surface area contributed by atoms with Crippen molar-refractivity contribution < 1.29 is 9.53 Å². The molecule has 6 heteroatoms. The third kappa shape index (κ3) is 4.85. The van der Waals surface area contributed by atoms with Crippen molar-refractivity contribution in [3.05, 3.63) is 23.3 Å². The van der Waals surface area contributed by atoms with E-state index in [-0.39, 0.29) is 5.88 Å². The molecule has 0 unspecified atom stereocenters. The van der Waals surface area contributed by atoms with Crippen molar-refractivity contribution in [3.63, 3.8) is 0 Å². The predicted octanol–water partition coefficient (Wildman–Crippen LogP) is 3.96. The van der Waals surface area contributed by atoms with Crippen molar-refractivity contribution in [2.45, 2.75) is 55.9 Å². The first-order valence-electron chi connectivity index (χ1n) is 7.44. The minimum atomic E-state index is -0.403. The number of rotatable bonds is 6. The number of hydrogen-bond donors (Lipinski definition) is 0. The normalized spacial score (nSPS) is 15.9. The van der Waals surface area contributed by atoms with E-state index in [0.717, 1.165) is 11.6 Å². The van der Waals surface area contributed by atoms with Gasteiger partial charge in [0.15, 0.2) is 0 Å². The molecule has 1 fully saturated rings. The molecule has 0 bridgehead atoms. The van der Waals surface area contributed by atoms with Gasteiger partial charge in [-0.15, -0.1) is 11.6 Å². The van der Waals surface area contributed by atoms with E-state index in [0.29, 0.717) is 23.1 Å². The van der Waals surface area contributed by atoms with E-state index in [2.05, 4.69) is 9.97 Å². The lowest BCUT2D eigenvalue weighted by molar-refractivity contribution is 0.0524. The second-order valence-corrected chi connectivity index (χ2v) is 6.63. The summed E-state index contributed by atoms with van der Waals surface area (Å²) in [5.41, 5.74) is 0.933. The first-order valence-corrected chi connectivity index (χ1v) is 9.02. The van der Waals surface area contributed by atoms with Crippen LogP contribution in [0.25, 0.3) is 0 Å². The van der Waals surface area contributed by atoms with Gasteiger partial charge in [-0.2, -0.15) is 11.8 Å². The van der Waals surface area contributed by atoms with Crippen LogP contribution in [0.15, 0.2) is 6.20 Å². The molecule has 21 heavy (non-hydrogen) atoms. The molecular weight excluding hydrogens is 308 g/mol. The monoisotopic (exact) mass is 328 g/mol. The third-order valence-corrected chi connectivity index (χ3v) is 5.16. The Hall–Kier alpha value is -0.810. The van der Waals surface area contributed by atoms with Crippen molar-refractivity contribution >= 4 is 29.3 Å². The molecule has 0 aliphatic heterocycles. The molecule has 0 radical (unpaired) electrons. The Balaban J connectivity index is 1.99. The molecule has 1 heterocycles. The van der Waals surface area contributed by atoms with Crippen LogP contribution in [0.2, 0.25) is 0 Å². The summed E-state index contributed by atoms with van der Waals surface area (Å²) in [6.45, 7) is 2.11. The number of aromatic nitrogens is 2. The van der Waals surface area contributed by atoms with Crippen LogP contribution >= 0.6 is 23.4 Å². The van der Waals surface area contributed by atoms with Crippen molar-refractivity contribution in [1.29, 1.82) is 0 Å². The topological polar surface area (TPSA) is 52.1 Å². The maximum absolute atomic E-state index is 11.8. The van der Waals surface area contributed by atoms with Gasteiger partial charge < -0.3 is 4.74 Å². The summed E-state index contributed by atoms with van der Waals surface area (Å²) in [4.78, 5) is 20.5. The molecule has 1 aliphatic rings. The van der Waals surface area contributed by atoms with Crippen LogP contribution in [-0.4, -0.2) is 27.8 Å². The van der Waals surface area contributed by atoms with Gasteiger partial charge in [-0.25, -0.2) is 14.8 Å². The summed E-state index contributed by atoms with van der Waals surface area (Å²) >= 11 is 7.80. The maximum Gasteiger partial charge on any atom is 0.341 e. The number of alkyl halides is 1. The van der Waals surface area contributed by atoms with Gasteiger partial charge in [0, 0.05) is 11.4 Å². The zero-order valence-corrected chi connectivity index (χ0v) is 13.9. The summed E-state index contributed by atoms with van der Waals surface area (Å²) in [5, 5.41) is 0.714. The van der Waals surface area contributed by atoms with E-state index in [4.69, 9.17) is 16.3 Å². The van der Waals surface area contributed by atoms with E-state index < -0.39 is 5.97 Å². The zero-order chi connectivity index (χ0) is 15.1. The second-order valence-electron chi connectivity index (χ2n) is 5.07. The van der Waals surface area contributed by atoms with Gasteiger partial charge in [-0.05, 0) is 19.8 Å². The van der Waals surface area contributed by atoms with Crippen molar-refractivity contribution in [2.75, 3.05) is 6.61 Å². The molecule has 0 amide bonds. The molecule has 2 rings (SSSR count). The van der Waals surface area contributed by atoms with Gasteiger partial charge in [-0.3, -0.25) is 0 Å². The molecule has 1 aromatic heterocycles. The van der Waals surface area contributed by atoms with Gasteiger partial charge in [0.1, 0.15) is 11.4 Å². The van der Waals surface area contributed by atoms with Crippen LogP contribution in [0, 0.1) is 0 Å². The standard InChI is InChI=1S/C15H21ClN2O2S/c1-2-20-15(19)12-9-17-14(18-13(12)8-16)10-21-11-6-4-3-5-7-11/h9,11H,2-8,10H2,1H3. The number of hydrogen-bond acceptors (Lipinski definition) is 5. The fourth-order valence-electron chi connectivity index (χ4n) is 2.43. The maximum atomic E-state index is 11.8. The quantitative estimate of drug-likeness (QED) is 0.584. The number of halogens is 1. The van der Waals surface area contributed by atoms with Crippen molar-refractivity contribution in [1.82, 2.24) is 9.97 Å². The van der Waals surface area contributed by atoms with E-state index in [1.54, 1.807) is 13.1 Å². The Morgan fingerprint density at radius 1 is 1.43 bits per heavy atom. The van der Waals surface area contributed by atoms with Crippen molar-refractivity contribution in [2.24, 2.45) is 0 Å². The molecule has 4 nitrogen and oxygen atoms in total. The molecule has 0 aromatic carbocycles. The first kappa shape index (κ1) is 16.6. The highest BCUT2D eigenvalue weighted by molar-refractivity contribution is 7.99. The van der Waals surface area contributed by atoms with E-state index in [9.17, 15) is 4.79 Å². The first-order chi connectivity index (χ1) is 10.2. The van der Waals surface area contributed by atoms with E-state index in [1.807, 2.05) is 11.8 Å². The molecule has 0 atom stereocenters. The number of nitrogens with zero attached hydrogens (tertiary/aromatic N) is 2. The number of ether oxygens (including phenoxy) is 1. The minimum Gasteiger partial charge on any atom is -0.462 e. The summed E-state index contributed by atoms with van der Waals surface area (Å²) in [7, 11) is 0. The summed E-state index contributed by atoms with van der Waals surface area (Å²) in [6, 6.07) is 0. The number of carbonyl (C=O) groups is 1. The largest absolute Gasteiger partial charge is 0.462 e. The van der Waals surface area contributed by atoms with Crippen molar-refractivity contribution in [3.8, 4) is 0 Å². The summed E-state index contributed by atoms with van der Waals surface area (Å²) < 4.78 is 4.98. The Labute approximate surface area is 135 Å². The average Bonchev–Trinajstić information content (AvgIpc) is 2.53. The van der Waals surface area contributed by atoms with Gasteiger partial charge in [0.05, 0.1) is 23.9 Å². The molecule has 0 spiro atoms. The summed E-state index contributed by atoms with van der Waals surface area (Å²) in [6.07, 6.45) is 8.13. The highest BCUT2D eigenvalue weighted by Gasteiger charge is 2.17. The lowest BCUT2D eigenvalue weighted by Gasteiger charge is -2.20. The Kier molecular flexibility index (Phi) is 6.77. The molecule has 1 aromatic rings. The number of esters is 1. The number of carbonyl (C=O) groups excluding carboxylic acids is 1. The third-order valence-electron chi connectivity index (χ3n) is 3.54. The highest BCUT2D eigenvalue weighted by atomic mass is 35.5. The van der Waals surface area contributed by atoms with Crippen LogP contribution in [0.5, 0.6) is 0 Å². The zero-order valence-electron chi connectivity index (χ0n) is 12.3. The van der Waals surface area contributed by atoms with Crippen LogP contribution in [0.4, 0.5) is 0 Å². The van der Waals surface area contributed by atoms with E-state index in [1.165, 1.54) is 32.1 Å². The van der Waals surface area contributed by atoms with Gasteiger partial charge in [-0.1, -0.05) is 19.3 Å². The molecule has 0 N–H and O–H groups in total. The molecule has 0 saturated heterocycles. The second kappa shape index (κ2) is 8.59. The molecule has 116 valence electrons. The fourth-order valence-corrected chi connectivity index (χ4v) is 3.83. The fraction of sp³-hybridized carbons (Fsp3) is 0.667. The molecule has 1 saturated carbocycles. The number of thioether (sulfide) groups is 1. The smallest absolute Gasteiger partial charge is 0.341 e. The van der Waals surface area contributed by atoms with Crippen LogP contribution in [-0.2, 0) is 16.4 Å². The minimum absolute atomic E-state index is 0.192. The molecular formula is C15H21ClN2O2S. The van der Waals surface area contributed by atoms with Gasteiger partial charge in [0.2, 0.25) is 0 Å².